The smallest absolute Gasteiger partial charge is 0.266 e. The highest BCUT2D eigenvalue weighted by Gasteiger charge is 2.24. The molecule has 1 fully saturated rings. The topological polar surface area (TPSA) is 79.6 Å². The molecule has 0 aromatic heterocycles. The number of nitrogens with zero attached hydrogens (tertiary/aromatic N) is 1. The molecule has 0 bridgehead atoms. The summed E-state index contributed by atoms with van der Waals surface area (Å²) in [5.74, 6) is -2.18. The Labute approximate surface area is 183 Å². The Morgan fingerprint density at radius 3 is 2.53 bits per heavy atom. The van der Waals surface area contributed by atoms with Crippen LogP contribution >= 0.6 is 0 Å². The number of hydrogen-bond donors (Lipinski definition) is 3. The van der Waals surface area contributed by atoms with Gasteiger partial charge in [-0.25, -0.2) is 17.6 Å². The van der Waals surface area contributed by atoms with Gasteiger partial charge in [-0.05, 0) is 19.1 Å². The van der Waals surface area contributed by atoms with E-state index in [4.69, 9.17) is 10.5 Å². The van der Waals surface area contributed by atoms with E-state index < -0.39 is 35.6 Å². The first-order valence-corrected chi connectivity index (χ1v) is 10.3. The molecule has 10 heteroatoms. The van der Waals surface area contributed by atoms with Crippen LogP contribution in [0.5, 0.6) is 0 Å². The summed E-state index contributed by atoms with van der Waals surface area (Å²) in [4.78, 5) is 14.8. The van der Waals surface area contributed by atoms with E-state index in [-0.39, 0.29) is 29.0 Å². The molecule has 1 aliphatic rings. The maximum absolute atomic E-state index is 14.8. The maximum Gasteiger partial charge on any atom is 0.266 e. The summed E-state index contributed by atoms with van der Waals surface area (Å²) in [6.45, 7) is 3.86. The predicted octanol–water partition coefficient (Wildman–Crippen LogP) is 3.60. The highest BCUT2D eigenvalue weighted by Crippen LogP contribution is 2.30. The van der Waals surface area contributed by atoms with Crippen molar-refractivity contribution in [3.8, 4) is 0 Å². The molecular weight excluding hydrogens is 428 g/mol. The Balaban J connectivity index is 1.90. The Morgan fingerprint density at radius 1 is 1.19 bits per heavy atom. The Bertz CT molecular complexity index is 952. The van der Waals surface area contributed by atoms with Gasteiger partial charge < -0.3 is 26.0 Å². The molecule has 0 radical (unpaired) electrons. The first-order chi connectivity index (χ1) is 15.3. The van der Waals surface area contributed by atoms with Crippen LogP contribution in [0, 0.1) is 11.6 Å². The summed E-state index contributed by atoms with van der Waals surface area (Å²) in [5.41, 5.74) is 5.34. The van der Waals surface area contributed by atoms with Crippen LogP contribution in [0.3, 0.4) is 0 Å². The van der Waals surface area contributed by atoms with E-state index in [0.717, 1.165) is 6.07 Å². The summed E-state index contributed by atoms with van der Waals surface area (Å²) in [7, 11) is 0. The highest BCUT2D eigenvalue weighted by atomic mass is 19.3. The Kier molecular flexibility index (Phi) is 7.92. The van der Waals surface area contributed by atoms with E-state index in [9.17, 15) is 22.4 Å². The van der Waals surface area contributed by atoms with Gasteiger partial charge >= 0.3 is 0 Å². The lowest BCUT2D eigenvalue weighted by molar-refractivity contribution is 0.0940. The summed E-state index contributed by atoms with van der Waals surface area (Å²) < 4.78 is 60.7. The summed E-state index contributed by atoms with van der Waals surface area (Å²) >= 11 is 0. The molecule has 0 unspecified atom stereocenters. The average molecular weight is 454 g/mol. The third kappa shape index (κ3) is 5.31. The van der Waals surface area contributed by atoms with Gasteiger partial charge in [-0.1, -0.05) is 18.2 Å². The molecule has 2 aromatic carbocycles. The van der Waals surface area contributed by atoms with Crippen molar-refractivity contribution in [2.24, 2.45) is 5.73 Å². The molecule has 4 N–H and O–H groups in total. The quantitative estimate of drug-likeness (QED) is 0.532. The monoisotopic (exact) mass is 454 g/mol. The van der Waals surface area contributed by atoms with Gasteiger partial charge in [0.15, 0.2) is 0 Å². The minimum absolute atomic E-state index is 0.0665. The van der Waals surface area contributed by atoms with Crippen molar-refractivity contribution in [2.45, 2.75) is 19.4 Å². The van der Waals surface area contributed by atoms with Gasteiger partial charge in [-0.15, -0.1) is 0 Å². The molecule has 1 aliphatic heterocycles. The van der Waals surface area contributed by atoms with E-state index in [1.807, 2.05) is 0 Å². The zero-order valence-electron chi connectivity index (χ0n) is 17.6. The van der Waals surface area contributed by atoms with Crippen LogP contribution in [0.2, 0.25) is 0 Å². The molecule has 1 heterocycles. The van der Waals surface area contributed by atoms with E-state index >= 15 is 0 Å². The van der Waals surface area contributed by atoms with Crippen LogP contribution in [-0.4, -0.2) is 45.3 Å². The number of carbonyl (C=O) groups excluding carboxylic acids is 1. The van der Waals surface area contributed by atoms with Crippen LogP contribution in [0.4, 0.5) is 28.9 Å². The number of nitrogens with two attached hydrogens (primary N) is 1. The van der Waals surface area contributed by atoms with Gasteiger partial charge in [0.2, 0.25) is 0 Å². The van der Waals surface area contributed by atoms with Gasteiger partial charge in [-0.3, -0.25) is 4.79 Å². The van der Waals surface area contributed by atoms with Crippen molar-refractivity contribution >= 4 is 17.3 Å². The number of anilines is 2. The van der Waals surface area contributed by atoms with Crippen molar-refractivity contribution in [3.05, 3.63) is 58.7 Å². The van der Waals surface area contributed by atoms with Crippen molar-refractivity contribution in [3.63, 3.8) is 0 Å². The SMILES string of the molecule is C[C@@H](NC(=O)c1cc(N2CCOCC2)c(F)cc1NCCN)c1cccc(C(F)F)c1F. The van der Waals surface area contributed by atoms with Crippen LogP contribution < -0.4 is 21.3 Å². The third-order valence-corrected chi connectivity index (χ3v) is 5.25. The number of morpholine rings is 1. The minimum atomic E-state index is -2.97. The van der Waals surface area contributed by atoms with Crippen molar-refractivity contribution < 1.29 is 27.1 Å². The Hall–Kier alpha value is -2.85. The molecule has 0 spiro atoms. The summed E-state index contributed by atoms with van der Waals surface area (Å²) in [5, 5.41) is 5.55. The maximum atomic E-state index is 14.8. The fourth-order valence-corrected chi connectivity index (χ4v) is 3.57. The second-order valence-corrected chi connectivity index (χ2v) is 7.41. The van der Waals surface area contributed by atoms with E-state index in [1.165, 1.54) is 31.2 Å². The molecule has 1 saturated heterocycles. The fourth-order valence-electron chi connectivity index (χ4n) is 3.57. The van der Waals surface area contributed by atoms with Gasteiger partial charge in [0, 0.05) is 31.7 Å². The largest absolute Gasteiger partial charge is 0.383 e. The minimum Gasteiger partial charge on any atom is -0.383 e. The van der Waals surface area contributed by atoms with E-state index in [0.29, 0.717) is 32.8 Å². The predicted molar refractivity (Wildman–Crippen MR) is 114 cm³/mol. The number of rotatable bonds is 8. The highest BCUT2D eigenvalue weighted by molar-refractivity contribution is 6.01. The molecule has 1 amide bonds. The molecule has 2 aromatic rings. The first kappa shape index (κ1) is 23.8. The van der Waals surface area contributed by atoms with E-state index in [1.54, 1.807) is 4.90 Å². The number of alkyl halides is 2. The number of halogens is 4. The molecule has 174 valence electrons. The summed E-state index contributed by atoms with van der Waals surface area (Å²) in [6, 6.07) is 5.39. The molecular formula is C22H26F4N4O2. The first-order valence-electron chi connectivity index (χ1n) is 10.3. The molecule has 1 atom stereocenters. The number of hydrogen-bond acceptors (Lipinski definition) is 5. The molecule has 0 aliphatic carbocycles. The van der Waals surface area contributed by atoms with Crippen LogP contribution in [0.25, 0.3) is 0 Å². The van der Waals surface area contributed by atoms with Crippen LogP contribution in [0.15, 0.2) is 30.3 Å². The zero-order valence-corrected chi connectivity index (χ0v) is 17.6. The van der Waals surface area contributed by atoms with Gasteiger partial charge in [0.1, 0.15) is 11.6 Å². The van der Waals surface area contributed by atoms with Gasteiger partial charge in [0.05, 0.1) is 41.8 Å². The number of ether oxygens (including phenoxy) is 1. The van der Waals surface area contributed by atoms with Crippen molar-refractivity contribution in [1.82, 2.24) is 5.32 Å². The van der Waals surface area contributed by atoms with Gasteiger partial charge in [0.25, 0.3) is 12.3 Å². The van der Waals surface area contributed by atoms with Crippen molar-refractivity contribution in [1.29, 1.82) is 0 Å². The Morgan fingerprint density at radius 2 is 1.88 bits per heavy atom. The standard InChI is InChI=1S/C22H26F4N4O2/c1-13(14-3-2-4-15(20(14)24)21(25)26)29-22(31)16-11-19(30-7-9-32-10-8-30)17(23)12-18(16)28-6-5-27/h2-4,11-13,21,28H,5-10,27H2,1H3,(H,29,31)/t13-/m1/s1. The number of carbonyl (C=O) groups is 1. The lowest BCUT2D eigenvalue weighted by atomic mass is 10.0. The van der Waals surface area contributed by atoms with Crippen LogP contribution in [-0.2, 0) is 4.74 Å². The normalized spacial score (nSPS) is 15.0. The summed E-state index contributed by atoms with van der Waals surface area (Å²) in [6.07, 6.45) is -2.97. The lowest BCUT2D eigenvalue weighted by Gasteiger charge is -2.30. The molecule has 0 saturated carbocycles. The molecule has 6 nitrogen and oxygen atoms in total. The number of amides is 1. The fraction of sp³-hybridized carbons (Fsp3) is 0.409. The number of benzene rings is 2. The zero-order chi connectivity index (χ0) is 23.3. The van der Waals surface area contributed by atoms with E-state index in [2.05, 4.69) is 10.6 Å². The van der Waals surface area contributed by atoms with Crippen LogP contribution in [0.1, 0.15) is 40.9 Å². The van der Waals surface area contributed by atoms with Gasteiger partial charge in [-0.2, -0.15) is 0 Å². The van der Waals surface area contributed by atoms with Crippen molar-refractivity contribution in [2.75, 3.05) is 49.6 Å². The molecule has 3 rings (SSSR count). The second-order valence-electron chi connectivity index (χ2n) is 7.41. The molecule has 32 heavy (non-hydrogen) atoms. The number of nitrogens with one attached hydrogen (secondary N) is 2. The average Bonchev–Trinajstić information content (AvgIpc) is 2.78. The third-order valence-electron chi connectivity index (χ3n) is 5.25. The second kappa shape index (κ2) is 10.6. The lowest BCUT2D eigenvalue weighted by Crippen LogP contribution is -2.37.